The van der Waals surface area contributed by atoms with Crippen LogP contribution in [0.1, 0.15) is 25.9 Å². The summed E-state index contributed by atoms with van der Waals surface area (Å²) in [6.45, 7) is 4.52. The summed E-state index contributed by atoms with van der Waals surface area (Å²) >= 11 is 5.37. The number of anilines is 2. The summed E-state index contributed by atoms with van der Waals surface area (Å²) in [5, 5.41) is 23.0. The predicted octanol–water partition coefficient (Wildman–Crippen LogP) is 7.24. The molecule has 2 aromatic carbocycles. The van der Waals surface area contributed by atoms with Crippen molar-refractivity contribution in [3.05, 3.63) is 69.9 Å². The van der Waals surface area contributed by atoms with Crippen LogP contribution in [0.25, 0.3) is 54.8 Å². The number of methoxy groups -OCH3 is 3. The standard InChI is InChI=1S/C46H42N10O12S4/c1-59-24-10-33(64-22-31-39(19-57)69-41(49-31)53-4-7-62-8-5-53)28-15-38(68-36(28)13-24)30-18-56-44(48-30)72-46(52-56)66-21-26-16-54(6-9-63-26)42-50-32(40(20-58)70-42)23-65-34-11-25(60-2)12-35-27(34)14-37(67-35)29-17-55-43(47-29)71-45(51-55)61-3/h10-15,17-18,20,26,57H,4-9,16,19,21-23H2,1-3H3. The average Bonchev–Trinajstić information content (AvgIpc) is 4.28. The number of fused-ring (bicyclic) bond motifs is 4. The maximum atomic E-state index is 12.3. The molecule has 10 aromatic rings. The number of morpholine rings is 2. The Morgan fingerprint density at radius 2 is 1.28 bits per heavy atom. The predicted molar refractivity (Wildman–Crippen MR) is 266 cm³/mol. The Morgan fingerprint density at radius 3 is 1.89 bits per heavy atom. The van der Waals surface area contributed by atoms with Gasteiger partial charge in [-0.1, -0.05) is 22.7 Å². The number of nitrogens with zero attached hydrogens (tertiary/aromatic N) is 10. The molecule has 0 radical (unpaired) electrons. The molecule has 1 unspecified atom stereocenters. The van der Waals surface area contributed by atoms with Crippen LogP contribution < -0.4 is 38.2 Å². The molecule has 0 amide bonds. The van der Waals surface area contributed by atoms with Gasteiger partial charge in [0, 0.05) is 50.4 Å². The molecule has 372 valence electrons. The number of hydrogen-bond acceptors (Lipinski definition) is 24. The molecule has 0 saturated carbocycles. The first-order valence-electron chi connectivity index (χ1n) is 22.4. The van der Waals surface area contributed by atoms with E-state index in [1.807, 2.05) is 12.1 Å². The number of imidazole rings is 2. The van der Waals surface area contributed by atoms with Gasteiger partial charge in [-0.3, -0.25) is 4.79 Å². The topological polar surface area (TPSA) is 230 Å². The maximum absolute atomic E-state index is 12.3. The summed E-state index contributed by atoms with van der Waals surface area (Å²) in [6, 6.07) is 10.9. The lowest BCUT2D eigenvalue weighted by molar-refractivity contribution is 0.00999. The van der Waals surface area contributed by atoms with Crippen LogP contribution in [0, 0.1) is 0 Å². The van der Waals surface area contributed by atoms with Crippen molar-refractivity contribution in [2.45, 2.75) is 25.9 Å². The van der Waals surface area contributed by atoms with Crippen molar-refractivity contribution in [3.8, 4) is 56.3 Å². The third kappa shape index (κ3) is 8.98. The normalized spacial score (nSPS) is 15.4. The second kappa shape index (κ2) is 19.5. The third-order valence-corrected chi connectivity index (χ3v) is 15.8. The Labute approximate surface area is 423 Å². The van der Waals surface area contributed by atoms with Crippen molar-refractivity contribution >= 4 is 93.8 Å². The van der Waals surface area contributed by atoms with Crippen molar-refractivity contribution < 1.29 is 56.6 Å². The fraction of sp³-hybridized carbons (Fsp3) is 0.326. The monoisotopic (exact) mass is 1050 g/mol. The molecule has 72 heavy (non-hydrogen) atoms. The summed E-state index contributed by atoms with van der Waals surface area (Å²) in [4.78, 5) is 38.2. The second-order valence-electron chi connectivity index (χ2n) is 16.3. The number of carbonyl (C=O) groups is 1. The summed E-state index contributed by atoms with van der Waals surface area (Å²) in [6.07, 6.45) is 4.04. The molecule has 2 fully saturated rings. The minimum atomic E-state index is -0.306. The van der Waals surface area contributed by atoms with Crippen molar-refractivity contribution in [2.24, 2.45) is 0 Å². The fourth-order valence-corrected chi connectivity index (χ4v) is 11.6. The maximum Gasteiger partial charge on any atom is 0.294 e. The van der Waals surface area contributed by atoms with Crippen LogP contribution in [0.5, 0.6) is 33.4 Å². The van der Waals surface area contributed by atoms with E-state index in [1.54, 1.807) is 67.0 Å². The number of aldehydes is 1. The molecule has 8 aromatic heterocycles. The van der Waals surface area contributed by atoms with Gasteiger partial charge in [-0.15, -0.1) is 10.2 Å². The fourth-order valence-electron chi connectivity index (χ4n) is 8.26. The van der Waals surface area contributed by atoms with E-state index in [0.29, 0.717) is 137 Å². The molecule has 10 heterocycles. The van der Waals surface area contributed by atoms with Crippen LogP contribution >= 0.6 is 45.3 Å². The highest BCUT2D eigenvalue weighted by Crippen LogP contribution is 2.40. The van der Waals surface area contributed by atoms with Gasteiger partial charge in [0.1, 0.15) is 77.2 Å². The summed E-state index contributed by atoms with van der Waals surface area (Å²) in [5.41, 5.74) is 3.44. The van der Waals surface area contributed by atoms with Crippen molar-refractivity contribution in [1.82, 2.24) is 39.2 Å². The van der Waals surface area contributed by atoms with Gasteiger partial charge in [0.25, 0.3) is 10.4 Å². The Balaban J connectivity index is 0.691. The quantitative estimate of drug-likeness (QED) is 0.0834. The number of carbonyl (C=O) groups excluding carboxylic acids is 1. The Bertz CT molecular complexity index is 3520. The Kier molecular flexibility index (Phi) is 12.5. The molecule has 12 rings (SSSR count). The number of aliphatic hydroxyl groups is 1. The number of thiazole rings is 2. The van der Waals surface area contributed by atoms with Crippen molar-refractivity contribution in [2.75, 3.05) is 83.7 Å². The number of aromatic nitrogens is 8. The highest BCUT2D eigenvalue weighted by atomic mass is 32.1. The molecular formula is C46H42N10O12S4. The number of ether oxygens (including phenoxy) is 8. The molecule has 0 spiro atoms. The summed E-state index contributed by atoms with van der Waals surface area (Å²) in [5.74, 6) is 3.18. The number of hydrogen-bond donors (Lipinski definition) is 1. The Morgan fingerprint density at radius 1 is 0.681 bits per heavy atom. The number of aliphatic hydroxyl groups excluding tert-OH is 1. The molecule has 22 nitrogen and oxygen atoms in total. The number of rotatable bonds is 18. The van der Waals surface area contributed by atoms with Gasteiger partial charge < -0.3 is 61.6 Å². The van der Waals surface area contributed by atoms with Crippen molar-refractivity contribution in [1.29, 1.82) is 0 Å². The van der Waals surface area contributed by atoms with E-state index in [-0.39, 0.29) is 32.5 Å². The molecule has 1 atom stereocenters. The first kappa shape index (κ1) is 46.0. The smallest absolute Gasteiger partial charge is 0.294 e. The molecular weight excluding hydrogens is 1010 g/mol. The second-order valence-corrected chi connectivity index (χ2v) is 20.2. The lowest BCUT2D eigenvalue weighted by Gasteiger charge is -2.32. The molecule has 0 bridgehead atoms. The number of furan rings is 2. The van der Waals surface area contributed by atoms with E-state index in [9.17, 15) is 9.90 Å². The van der Waals surface area contributed by atoms with Crippen LogP contribution in [-0.4, -0.2) is 131 Å². The lowest BCUT2D eigenvalue weighted by Crippen LogP contribution is -2.45. The average molecular weight is 1060 g/mol. The van der Waals surface area contributed by atoms with E-state index >= 15 is 0 Å². The summed E-state index contributed by atoms with van der Waals surface area (Å²) < 4.78 is 62.6. The largest absolute Gasteiger partial charge is 0.496 e. The zero-order valence-electron chi connectivity index (χ0n) is 38.6. The van der Waals surface area contributed by atoms with E-state index in [4.69, 9.17) is 61.7 Å². The van der Waals surface area contributed by atoms with Gasteiger partial charge in [-0.05, 0) is 34.8 Å². The van der Waals surface area contributed by atoms with Gasteiger partial charge in [0.15, 0.2) is 28.1 Å². The van der Waals surface area contributed by atoms with Crippen LogP contribution in [0.3, 0.4) is 0 Å². The SMILES string of the molecule is COc1cc(OCc2nc(N3CCOC(COc4nn5cc(-c6cc7c(OCc8nc(N9CCOCC9)sc8CO)cc(OC)cc7o6)nc5s4)C3)sc2C=O)c2cc(-c3cn4nc(OC)sc4n3)oc2c1. The highest BCUT2D eigenvalue weighted by Gasteiger charge is 2.27. The van der Waals surface area contributed by atoms with Gasteiger partial charge >= 0.3 is 0 Å². The third-order valence-electron chi connectivity index (χ3n) is 11.9. The van der Waals surface area contributed by atoms with Gasteiger partial charge in [0.2, 0.25) is 9.92 Å². The molecule has 0 aliphatic carbocycles. The molecule has 2 aliphatic rings. The van der Waals surface area contributed by atoms with Crippen molar-refractivity contribution in [3.63, 3.8) is 0 Å². The summed E-state index contributed by atoms with van der Waals surface area (Å²) in [7, 11) is 4.71. The zero-order valence-corrected chi connectivity index (χ0v) is 41.9. The molecule has 2 saturated heterocycles. The van der Waals surface area contributed by atoms with Gasteiger partial charge in [-0.25, -0.2) is 29.0 Å². The van der Waals surface area contributed by atoms with Crippen LogP contribution in [0.15, 0.2) is 57.6 Å². The van der Waals surface area contributed by atoms with Gasteiger partial charge in [0.05, 0.1) is 86.4 Å². The van der Waals surface area contributed by atoms with E-state index in [2.05, 4.69) is 25.0 Å². The minimum Gasteiger partial charge on any atom is -0.496 e. The lowest BCUT2D eigenvalue weighted by atomic mass is 10.2. The first-order chi connectivity index (χ1) is 35.3. The van der Waals surface area contributed by atoms with E-state index < -0.39 is 0 Å². The van der Waals surface area contributed by atoms with Crippen LogP contribution in [-0.2, 0) is 29.3 Å². The zero-order chi connectivity index (χ0) is 48.9. The molecule has 1 N–H and O–H groups in total. The first-order valence-corrected chi connectivity index (χ1v) is 25.7. The van der Waals surface area contributed by atoms with E-state index in [1.165, 1.54) is 45.3 Å². The molecule has 26 heteroatoms. The Hall–Kier alpha value is -7.07. The van der Waals surface area contributed by atoms with Crippen LogP contribution in [0.4, 0.5) is 10.3 Å². The minimum absolute atomic E-state index is 0.0278. The van der Waals surface area contributed by atoms with Crippen LogP contribution in [0.2, 0.25) is 0 Å². The molecule has 2 aliphatic heterocycles. The van der Waals surface area contributed by atoms with E-state index in [0.717, 1.165) is 34.8 Å². The highest BCUT2D eigenvalue weighted by molar-refractivity contribution is 7.18. The van der Waals surface area contributed by atoms with Gasteiger partial charge in [-0.2, -0.15) is 0 Å². The number of benzene rings is 2.